The highest BCUT2D eigenvalue weighted by atomic mass is 35.5. The first-order valence-electron chi connectivity index (χ1n) is 6.28. The number of carbonyl (C=O) groups excluding carboxylic acids is 1. The Labute approximate surface area is 127 Å². The summed E-state index contributed by atoms with van der Waals surface area (Å²) < 4.78 is 0. The van der Waals surface area contributed by atoms with Crippen LogP contribution in [0.15, 0.2) is 42.5 Å². The highest BCUT2D eigenvalue weighted by molar-refractivity contribution is 6.32. The average Bonchev–Trinajstić information content (AvgIpc) is 2.48. The third kappa shape index (κ3) is 3.06. The molecule has 21 heavy (non-hydrogen) atoms. The Kier molecular flexibility index (Phi) is 4.29. The summed E-state index contributed by atoms with van der Waals surface area (Å²) in [5.74, 6) is -1.20. The van der Waals surface area contributed by atoms with Gasteiger partial charge in [0.1, 0.15) is 0 Å². The van der Waals surface area contributed by atoms with E-state index in [2.05, 4.69) is 0 Å². The Hall–Kier alpha value is -2.33. The van der Waals surface area contributed by atoms with Gasteiger partial charge < -0.3 is 10.0 Å². The van der Waals surface area contributed by atoms with E-state index < -0.39 is 5.97 Å². The molecular formula is C16H14ClNO3. The zero-order chi connectivity index (χ0) is 15.6. The number of anilines is 1. The number of benzene rings is 2. The molecule has 0 aliphatic carbocycles. The van der Waals surface area contributed by atoms with Gasteiger partial charge in [0.05, 0.1) is 5.56 Å². The minimum atomic E-state index is -0.999. The molecule has 1 N–H and O–H groups in total. The molecule has 0 aromatic heterocycles. The van der Waals surface area contributed by atoms with Crippen molar-refractivity contribution in [1.82, 2.24) is 0 Å². The van der Waals surface area contributed by atoms with Gasteiger partial charge in [-0.15, -0.1) is 0 Å². The lowest BCUT2D eigenvalue weighted by Crippen LogP contribution is -2.27. The minimum absolute atomic E-state index is 0.179. The number of carbonyl (C=O) groups is 2. The van der Waals surface area contributed by atoms with Crippen molar-refractivity contribution in [3.63, 3.8) is 0 Å². The van der Waals surface area contributed by atoms with Gasteiger partial charge in [0.2, 0.25) is 0 Å². The van der Waals surface area contributed by atoms with E-state index in [0.29, 0.717) is 16.3 Å². The lowest BCUT2D eigenvalue weighted by Gasteiger charge is -2.19. The maximum absolute atomic E-state index is 12.5. The summed E-state index contributed by atoms with van der Waals surface area (Å²) in [6.45, 7) is 1.79. The van der Waals surface area contributed by atoms with Crippen LogP contribution in [-0.4, -0.2) is 24.0 Å². The van der Waals surface area contributed by atoms with Gasteiger partial charge in [0, 0.05) is 23.3 Å². The maximum Gasteiger partial charge on any atom is 0.335 e. The molecule has 0 unspecified atom stereocenters. The number of carboxylic acid groups (broad SMARTS) is 1. The van der Waals surface area contributed by atoms with Gasteiger partial charge in [-0.25, -0.2) is 4.79 Å². The predicted molar refractivity (Wildman–Crippen MR) is 82.3 cm³/mol. The fraction of sp³-hybridized carbons (Fsp3) is 0.125. The summed E-state index contributed by atoms with van der Waals surface area (Å²) in [5.41, 5.74) is 2.04. The lowest BCUT2D eigenvalue weighted by molar-refractivity contribution is 0.0696. The lowest BCUT2D eigenvalue weighted by atomic mass is 10.1. The second kappa shape index (κ2) is 5.97. The van der Waals surface area contributed by atoms with E-state index in [0.717, 1.165) is 5.56 Å². The van der Waals surface area contributed by atoms with Crippen LogP contribution in [0.5, 0.6) is 0 Å². The molecule has 0 radical (unpaired) electrons. The molecule has 0 saturated carbocycles. The molecular weight excluding hydrogens is 290 g/mol. The fourth-order valence-electron chi connectivity index (χ4n) is 1.96. The van der Waals surface area contributed by atoms with E-state index in [9.17, 15) is 9.59 Å². The van der Waals surface area contributed by atoms with Crippen LogP contribution >= 0.6 is 11.6 Å². The van der Waals surface area contributed by atoms with Gasteiger partial charge >= 0.3 is 5.97 Å². The summed E-state index contributed by atoms with van der Waals surface area (Å²) in [4.78, 5) is 24.8. The zero-order valence-electron chi connectivity index (χ0n) is 11.6. The summed E-state index contributed by atoms with van der Waals surface area (Å²) in [7, 11) is 1.64. The normalized spacial score (nSPS) is 10.2. The second-order valence-electron chi connectivity index (χ2n) is 4.63. The summed E-state index contributed by atoms with van der Waals surface area (Å²) in [6, 6.07) is 11.3. The van der Waals surface area contributed by atoms with Crippen molar-refractivity contribution < 1.29 is 14.7 Å². The molecule has 4 nitrogen and oxygen atoms in total. The standard InChI is InChI=1S/C16H14ClNO3/c1-10-13(4-3-5-14(10)17)15(19)18(2)12-8-6-11(7-9-12)16(20)21/h3-9H,1-2H3,(H,20,21). The number of amides is 1. The molecule has 0 saturated heterocycles. The fourth-order valence-corrected chi connectivity index (χ4v) is 2.14. The topological polar surface area (TPSA) is 57.6 Å². The molecule has 0 bridgehead atoms. The molecule has 2 aromatic carbocycles. The molecule has 0 fully saturated rings. The summed E-state index contributed by atoms with van der Waals surface area (Å²) in [6.07, 6.45) is 0. The second-order valence-corrected chi connectivity index (χ2v) is 5.04. The molecule has 0 heterocycles. The van der Waals surface area contributed by atoms with E-state index in [1.807, 2.05) is 0 Å². The Morgan fingerprint density at radius 3 is 2.29 bits per heavy atom. The first kappa shape index (κ1) is 15.1. The van der Waals surface area contributed by atoms with Crippen molar-refractivity contribution in [2.75, 3.05) is 11.9 Å². The van der Waals surface area contributed by atoms with Crippen LogP contribution in [0, 0.1) is 6.92 Å². The minimum Gasteiger partial charge on any atom is -0.478 e. The number of aromatic carboxylic acids is 1. The Morgan fingerprint density at radius 2 is 1.71 bits per heavy atom. The highest BCUT2D eigenvalue weighted by Gasteiger charge is 2.17. The molecule has 0 aliphatic heterocycles. The van der Waals surface area contributed by atoms with E-state index in [4.69, 9.17) is 16.7 Å². The summed E-state index contributed by atoms with van der Waals surface area (Å²) in [5, 5.41) is 9.41. The van der Waals surface area contributed by atoms with Gasteiger partial charge in [0.25, 0.3) is 5.91 Å². The molecule has 0 atom stereocenters. The van der Waals surface area contributed by atoms with E-state index in [1.54, 1.807) is 44.3 Å². The van der Waals surface area contributed by atoms with Crippen LogP contribution in [-0.2, 0) is 0 Å². The molecule has 0 aliphatic rings. The van der Waals surface area contributed by atoms with E-state index in [1.165, 1.54) is 17.0 Å². The number of hydrogen-bond donors (Lipinski definition) is 1. The van der Waals surface area contributed by atoms with Gasteiger partial charge in [-0.05, 0) is 48.9 Å². The van der Waals surface area contributed by atoms with Gasteiger partial charge in [-0.2, -0.15) is 0 Å². The molecule has 5 heteroatoms. The highest BCUT2D eigenvalue weighted by Crippen LogP contribution is 2.22. The van der Waals surface area contributed by atoms with Crippen molar-refractivity contribution in [3.8, 4) is 0 Å². The number of rotatable bonds is 3. The largest absolute Gasteiger partial charge is 0.478 e. The first-order chi connectivity index (χ1) is 9.91. The van der Waals surface area contributed by atoms with Gasteiger partial charge in [0.15, 0.2) is 0 Å². The average molecular weight is 304 g/mol. The molecule has 2 rings (SSSR count). The Bertz CT molecular complexity index is 695. The molecule has 1 amide bonds. The van der Waals surface area contributed by atoms with Crippen LogP contribution in [0.2, 0.25) is 5.02 Å². The third-order valence-electron chi connectivity index (χ3n) is 3.30. The number of hydrogen-bond acceptors (Lipinski definition) is 2. The number of carboxylic acids is 1. The van der Waals surface area contributed by atoms with Crippen LogP contribution in [0.4, 0.5) is 5.69 Å². The Balaban J connectivity index is 2.30. The SMILES string of the molecule is Cc1c(Cl)cccc1C(=O)N(C)c1ccc(C(=O)O)cc1. The maximum atomic E-state index is 12.5. The summed E-state index contributed by atoms with van der Waals surface area (Å²) >= 11 is 6.03. The zero-order valence-corrected chi connectivity index (χ0v) is 12.4. The van der Waals surface area contributed by atoms with Crippen molar-refractivity contribution in [2.24, 2.45) is 0 Å². The number of halogens is 1. The smallest absolute Gasteiger partial charge is 0.335 e. The predicted octanol–water partition coefficient (Wildman–Crippen LogP) is 3.62. The quantitative estimate of drug-likeness (QED) is 0.942. The van der Waals surface area contributed by atoms with Gasteiger partial charge in [-0.3, -0.25) is 4.79 Å². The van der Waals surface area contributed by atoms with Crippen molar-refractivity contribution >= 4 is 29.2 Å². The van der Waals surface area contributed by atoms with Crippen molar-refractivity contribution in [3.05, 3.63) is 64.2 Å². The Morgan fingerprint density at radius 1 is 1.10 bits per heavy atom. The van der Waals surface area contributed by atoms with Crippen LogP contribution in [0.25, 0.3) is 0 Å². The van der Waals surface area contributed by atoms with Crippen LogP contribution in [0.1, 0.15) is 26.3 Å². The van der Waals surface area contributed by atoms with Gasteiger partial charge in [-0.1, -0.05) is 17.7 Å². The van der Waals surface area contributed by atoms with Crippen LogP contribution in [0.3, 0.4) is 0 Å². The van der Waals surface area contributed by atoms with E-state index in [-0.39, 0.29) is 11.5 Å². The first-order valence-corrected chi connectivity index (χ1v) is 6.66. The van der Waals surface area contributed by atoms with Crippen molar-refractivity contribution in [1.29, 1.82) is 0 Å². The monoisotopic (exact) mass is 303 g/mol. The molecule has 108 valence electrons. The van der Waals surface area contributed by atoms with E-state index >= 15 is 0 Å². The molecule has 0 spiro atoms. The number of nitrogens with zero attached hydrogens (tertiary/aromatic N) is 1. The van der Waals surface area contributed by atoms with Crippen LogP contribution < -0.4 is 4.90 Å². The van der Waals surface area contributed by atoms with Crippen molar-refractivity contribution in [2.45, 2.75) is 6.92 Å². The third-order valence-corrected chi connectivity index (χ3v) is 3.71. The molecule has 2 aromatic rings.